The van der Waals surface area contributed by atoms with Crippen molar-refractivity contribution < 1.29 is 17.9 Å². The highest BCUT2D eigenvalue weighted by molar-refractivity contribution is 7.91. The fourth-order valence-corrected chi connectivity index (χ4v) is 5.97. The molecule has 0 saturated carbocycles. The summed E-state index contributed by atoms with van der Waals surface area (Å²) in [5.74, 6) is -0.403. The summed E-state index contributed by atoms with van der Waals surface area (Å²) >= 11 is 1.03. The zero-order valence-corrected chi connectivity index (χ0v) is 16.6. The van der Waals surface area contributed by atoms with Gasteiger partial charge < -0.3 is 10.5 Å². The molecule has 2 N–H and O–H groups in total. The van der Waals surface area contributed by atoms with Crippen molar-refractivity contribution >= 4 is 39.7 Å². The van der Waals surface area contributed by atoms with E-state index in [1.54, 1.807) is 0 Å². The number of nitrogens with two attached hydrogens (primary N) is 1. The molecule has 1 aliphatic rings. The second kappa shape index (κ2) is 8.49. The first kappa shape index (κ1) is 20.9. The monoisotopic (exact) mass is 416 g/mol. The van der Waals surface area contributed by atoms with Crippen LogP contribution >= 0.6 is 23.7 Å². The van der Waals surface area contributed by atoms with E-state index >= 15 is 0 Å². The molecular weight excluding hydrogens is 396 g/mol. The van der Waals surface area contributed by atoms with Gasteiger partial charge in [0.15, 0.2) is 0 Å². The SMILES string of the molecule is COC(=O)c1csc(S(=O)(=O)N2C[C@@H](CN)[C@H](c3ccccc3)C2)c1.Cl. The summed E-state index contributed by atoms with van der Waals surface area (Å²) in [4.78, 5) is 11.6. The lowest BCUT2D eigenvalue weighted by molar-refractivity contribution is 0.0601. The van der Waals surface area contributed by atoms with Crippen LogP contribution in [0, 0.1) is 5.92 Å². The Morgan fingerprint density at radius 3 is 2.62 bits per heavy atom. The number of halogens is 1. The van der Waals surface area contributed by atoms with Gasteiger partial charge in [-0.2, -0.15) is 4.31 Å². The van der Waals surface area contributed by atoms with Crippen molar-refractivity contribution in [2.75, 3.05) is 26.7 Å². The fraction of sp³-hybridized carbons (Fsp3) is 0.353. The maximum atomic E-state index is 12.9. The van der Waals surface area contributed by atoms with Gasteiger partial charge in [0.05, 0.1) is 12.7 Å². The molecule has 0 bridgehead atoms. The summed E-state index contributed by atoms with van der Waals surface area (Å²) in [6.45, 7) is 1.19. The minimum atomic E-state index is -3.66. The van der Waals surface area contributed by atoms with Gasteiger partial charge in [0.2, 0.25) is 0 Å². The highest BCUT2D eigenvalue weighted by Crippen LogP contribution is 2.36. The highest BCUT2D eigenvalue weighted by Gasteiger charge is 2.40. The summed E-state index contributed by atoms with van der Waals surface area (Å²) < 4.78 is 32.1. The third-order valence-corrected chi connectivity index (χ3v) is 7.78. The van der Waals surface area contributed by atoms with E-state index in [4.69, 9.17) is 5.73 Å². The van der Waals surface area contributed by atoms with Crippen molar-refractivity contribution in [3.63, 3.8) is 0 Å². The molecule has 2 heterocycles. The van der Waals surface area contributed by atoms with Gasteiger partial charge in [-0.1, -0.05) is 30.3 Å². The first-order valence-corrected chi connectivity index (χ1v) is 10.2. The van der Waals surface area contributed by atoms with Crippen LogP contribution in [-0.2, 0) is 14.8 Å². The standard InChI is InChI=1S/C17H20N2O4S2.ClH/c1-23-17(20)13-7-16(24-11-13)25(21,22)19-9-14(8-18)15(10-19)12-5-3-2-4-6-12;/h2-7,11,14-15H,8-10,18H2,1H3;1H/t14-,15+;/m1./s1. The zero-order chi connectivity index (χ0) is 18.0. The number of ether oxygens (including phenoxy) is 1. The lowest BCUT2D eigenvalue weighted by Crippen LogP contribution is -2.29. The number of sulfonamides is 1. The van der Waals surface area contributed by atoms with Crippen LogP contribution in [-0.4, -0.2) is 45.4 Å². The molecule has 1 fully saturated rings. The summed E-state index contributed by atoms with van der Waals surface area (Å²) in [5, 5.41) is 1.50. The van der Waals surface area contributed by atoms with Crippen LogP contribution in [0.15, 0.2) is 46.0 Å². The smallest absolute Gasteiger partial charge is 0.338 e. The summed E-state index contributed by atoms with van der Waals surface area (Å²) in [7, 11) is -2.39. The van der Waals surface area contributed by atoms with E-state index in [-0.39, 0.29) is 34.0 Å². The minimum Gasteiger partial charge on any atom is -0.465 e. The molecular formula is C17H21ClN2O4S2. The Bertz CT molecular complexity index is 855. The Hall–Kier alpha value is -1.45. The number of rotatable bonds is 5. The maximum Gasteiger partial charge on any atom is 0.338 e. The van der Waals surface area contributed by atoms with Crippen LogP contribution in [0.1, 0.15) is 21.8 Å². The molecule has 1 aliphatic heterocycles. The number of esters is 1. The molecule has 0 aliphatic carbocycles. The predicted octanol–water partition coefficient (Wildman–Crippen LogP) is 2.32. The Kier molecular flexibility index (Phi) is 6.81. The van der Waals surface area contributed by atoms with Crippen molar-refractivity contribution in [2.45, 2.75) is 10.1 Å². The van der Waals surface area contributed by atoms with E-state index < -0.39 is 16.0 Å². The molecule has 9 heteroatoms. The van der Waals surface area contributed by atoms with Crippen LogP contribution in [0.5, 0.6) is 0 Å². The van der Waals surface area contributed by atoms with E-state index in [1.807, 2.05) is 30.3 Å². The second-order valence-electron chi connectivity index (χ2n) is 5.98. The number of hydrogen-bond acceptors (Lipinski definition) is 6. The van der Waals surface area contributed by atoms with Crippen LogP contribution < -0.4 is 5.73 Å². The average Bonchev–Trinajstić information content (AvgIpc) is 3.29. The lowest BCUT2D eigenvalue weighted by atomic mass is 9.89. The van der Waals surface area contributed by atoms with Crippen molar-refractivity contribution in [3.8, 4) is 0 Å². The third-order valence-electron chi connectivity index (χ3n) is 4.53. The van der Waals surface area contributed by atoms with E-state index in [1.165, 1.54) is 22.9 Å². The molecule has 26 heavy (non-hydrogen) atoms. The molecule has 0 radical (unpaired) electrons. The van der Waals surface area contributed by atoms with Gasteiger partial charge in [0.1, 0.15) is 4.21 Å². The number of benzene rings is 1. The molecule has 0 spiro atoms. The normalized spacial score (nSPS) is 20.5. The Balaban J connectivity index is 0.00000243. The molecule has 1 saturated heterocycles. The van der Waals surface area contributed by atoms with Gasteiger partial charge in [-0.25, -0.2) is 13.2 Å². The first-order chi connectivity index (χ1) is 12.0. The number of carbonyl (C=O) groups excluding carboxylic acids is 1. The van der Waals surface area contributed by atoms with Crippen molar-refractivity contribution in [1.82, 2.24) is 4.31 Å². The zero-order valence-electron chi connectivity index (χ0n) is 14.2. The molecule has 0 amide bonds. The fourth-order valence-electron chi connectivity index (χ4n) is 3.15. The molecule has 3 rings (SSSR count). The first-order valence-electron chi connectivity index (χ1n) is 7.89. The quantitative estimate of drug-likeness (QED) is 0.755. The van der Waals surface area contributed by atoms with Gasteiger partial charge in [-0.3, -0.25) is 0 Å². The van der Waals surface area contributed by atoms with E-state index in [9.17, 15) is 13.2 Å². The maximum absolute atomic E-state index is 12.9. The lowest BCUT2D eigenvalue weighted by Gasteiger charge is -2.16. The number of carbonyl (C=O) groups is 1. The molecule has 142 valence electrons. The van der Waals surface area contributed by atoms with Gasteiger partial charge in [-0.15, -0.1) is 23.7 Å². The van der Waals surface area contributed by atoms with Crippen molar-refractivity contribution in [1.29, 1.82) is 0 Å². The van der Waals surface area contributed by atoms with Crippen LogP contribution in [0.25, 0.3) is 0 Å². The van der Waals surface area contributed by atoms with Crippen LogP contribution in [0.3, 0.4) is 0 Å². The molecule has 2 aromatic rings. The van der Waals surface area contributed by atoms with E-state index in [0.29, 0.717) is 19.6 Å². The number of hydrogen-bond donors (Lipinski definition) is 1. The topological polar surface area (TPSA) is 89.7 Å². The molecule has 1 aromatic heterocycles. The second-order valence-corrected chi connectivity index (χ2v) is 9.06. The number of thiophene rings is 1. The minimum absolute atomic E-state index is 0. The van der Waals surface area contributed by atoms with Gasteiger partial charge in [0.25, 0.3) is 10.0 Å². The van der Waals surface area contributed by atoms with Crippen molar-refractivity contribution in [2.24, 2.45) is 11.7 Å². The molecule has 2 atom stereocenters. The Morgan fingerprint density at radius 1 is 1.31 bits per heavy atom. The van der Waals surface area contributed by atoms with Crippen LogP contribution in [0.2, 0.25) is 0 Å². The molecule has 1 aromatic carbocycles. The predicted molar refractivity (Wildman–Crippen MR) is 103 cm³/mol. The largest absolute Gasteiger partial charge is 0.465 e. The third kappa shape index (κ3) is 3.94. The van der Waals surface area contributed by atoms with Gasteiger partial charge in [-0.05, 0) is 24.1 Å². The summed E-state index contributed by atoms with van der Waals surface area (Å²) in [5.41, 5.74) is 7.23. The van der Waals surface area contributed by atoms with Gasteiger partial charge in [0, 0.05) is 24.4 Å². The average molecular weight is 417 g/mol. The Labute approximate surface area is 163 Å². The number of methoxy groups -OCH3 is 1. The molecule has 6 nitrogen and oxygen atoms in total. The number of nitrogens with zero attached hydrogens (tertiary/aromatic N) is 1. The summed E-state index contributed by atoms with van der Waals surface area (Å²) in [6, 6.07) is 11.2. The van der Waals surface area contributed by atoms with Gasteiger partial charge >= 0.3 is 5.97 Å². The van der Waals surface area contributed by atoms with E-state index in [2.05, 4.69) is 4.74 Å². The van der Waals surface area contributed by atoms with Crippen molar-refractivity contribution in [3.05, 3.63) is 52.9 Å². The van der Waals surface area contributed by atoms with Crippen LogP contribution in [0.4, 0.5) is 0 Å². The molecule has 0 unspecified atom stereocenters. The highest BCUT2D eigenvalue weighted by atomic mass is 35.5. The van der Waals surface area contributed by atoms with E-state index in [0.717, 1.165) is 16.9 Å². The Morgan fingerprint density at radius 2 is 2.00 bits per heavy atom. The summed E-state index contributed by atoms with van der Waals surface area (Å²) in [6.07, 6.45) is 0.